The molecule has 2 aromatic heterocycles. The average molecular weight is 488 g/mol. The van der Waals surface area contributed by atoms with E-state index in [9.17, 15) is 14.0 Å². The second-order valence-corrected chi connectivity index (χ2v) is 9.85. The van der Waals surface area contributed by atoms with Crippen LogP contribution in [0.1, 0.15) is 48.7 Å². The van der Waals surface area contributed by atoms with E-state index in [-0.39, 0.29) is 29.3 Å². The van der Waals surface area contributed by atoms with Crippen molar-refractivity contribution in [3.05, 3.63) is 75.5 Å². The van der Waals surface area contributed by atoms with Crippen LogP contribution in [-0.4, -0.2) is 22.4 Å². The number of rotatable bonds is 7. The molecule has 174 valence electrons. The molecule has 1 atom stereocenters. The number of benzene rings is 1. The van der Waals surface area contributed by atoms with Crippen molar-refractivity contribution in [2.75, 3.05) is 4.90 Å². The zero-order valence-electron chi connectivity index (χ0n) is 18.5. The fourth-order valence-corrected chi connectivity index (χ4v) is 5.26. The van der Waals surface area contributed by atoms with Crippen molar-refractivity contribution in [2.24, 2.45) is 7.05 Å². The quantitative estimate of drug-likeness (QED) is 0.468. The number of halogens is 2. The van der Waals surface area contributed by atoms with Crippen LogP contribution in [0.4, 0.5) is 10.1 Å². The number of carbonyl (C=O) groups is 2. The number of nitrogens with one attached hydrogen (secondary N) is 1. The van der Waals surface area contributed by atoms with Gasteiger partial charge in [-0.1, -0.05) is 36.9 Å². The van der Waals surface area contributed by atoms with Gasteiger partial charge in [0.05, 0.1) is 17.1 Å². The third-order valence-corrected chi connectivity index (χ3v) is 7.24. The van der Waals surface area contributed by atoms with Gasteiger partial charge in [-0.05, 0) is 54.6 Å². The number of amides is 2. The Hall–Kier alpha value is -2.64. The number of hydrogen-bond acceptors (Lipinski definition) is 3. The lowest BCUT2D eigenvalue weighted by Gasteiger charge is -2.33. The van der Waals surface area contributed by atoms with E-state index in [1.165, 1.54) is 40.9 Å². The van der Waals surface area contributed by atoms with E-state index in [0.29, 0.717) is 11.4 Å². The number of thiophene rings is 1. The van der Waals surface area contributed by atoms with Gasteiger partial charge in [-0.3, -0.25) is 14.5 Å². The summed E-state index contributed by atoms with van der Waals surface area (Å²) in [6.45, 7) is 0. The normalized spacial score (nSPS) is 15.2. The Morgan fingerprint density at radius 2 is 2.00 bits per heavy atom. The minimum atomic E-state index is -0.916. The molecule has 2 heterocycles. The molecular formula is C25H27ClFN3O2S. The standard InChI is InChI=1S/C25H27ClFN3O2S/c1-29-13-5-10-22(29)24(25(32)28-17-7-3-2-4-8-17)30(18-11-12-21(27)20(26)15-18)23(31)16-19-9-6-14-33-19/h5-6,9-15,17,24H,2-4,7-8,16H2,1H3,(H,28,32)/t24-/m1/s1. The number of hydrogen-bond donors (Lipinski definition) is 1. The van der Waals surface area contributed by atoms with Gasteiger partial charge in [-0.15, -0.1) is 11.3 Å². The molecule has 1 aromatic carbocycles. The minimum absolute atomic E-state index is 0.0834. The molecule has 1 saturated carbocycles. The van der Waals surface area contributed by atoms with E-state index >= 15 is 0 Å². The van der Waals surface area contributed by atoms with Gasteiger partial charge in [0, 0.05) is 29.9 Å². The fraction of sp³-hybridized carbons (Fsp3) is 0.360. The first kappa shape index (κ1) is 23.5. The Labute approximate surface area is 202 Å². The van der Waals surface area contributed by atoms with Crippen LogP contribution < -0.4 is 10.2 Å². The van der Waals surface area contributed by atoms with E-state index < -0.39 is 11.9 Å². The van der Waals surface area contributed by atoms with Crippen molar-refractivity contribution in [3.63, 3.8) is 0 Å². The fourth-order valence-electron chi connectivity index (χ4n) is 4.39. The molecule has 1 aliphatic carbocycles. The summed E-state index contributed by atoms with van der Waals surface area (Å²) in [5.41, 5.74) is 1.05. The number of aryl methyl sites for hydroxylation is 1. The highest BCUT2D eigenvalue weighted by Gasteiger charge is 2.35. The van der Waals surface area contributed by atoms with Gasteiger partial charge in [0.2, 0.25) is 11.8 Å². The van der Waals surface area contributed by atoms with E-state index in [0.717, 1.165) is 30.6 Å². The molecular weight excluding hydrogens is 461 g/mol. The Kier molecular flexibility index (Phi) is 7.50. The summed E-state index contributed by atoms with van der Waals surface area (Å²) in [5.74, 6) is -1.08. The molecule has 1 aliphatic rings. The van der Waals surface area contributed by atoms with Crippen molar-refractivity contribution in [1.82, 2.24) is 9.88 Å². The highest BCUT2D eigenvalue weighted by molar-refractivity contribution is 7.10. The molecule has 33 heavy (non-hydrogen) atoms. The van der Waals surface area contributed by atoms with Crippen LogP contribution in [-0.2, 0) is 23.1 Å². The third-order valence-electron chi connectivity index (χ3n) is 6.08. The molecule has 0 saturated heterocycles. The number of anilines is 1. The minimum Gasteiger partial charge on any atom is -0.352 e. The van der Waals surface area contributed by atoms with Gasteiger partial charge in [0.1, 0.15) is 5.82 Å². The topological polar surface area (TPSA) is 54.3 Å². The summed E-state index contributed by atoms with van der Waals surface area (Å²) in [7, 11) is 1.84. The summed E-state index contributed by atoms with van der Waals surface area (Å²) in [6, 6.07) is 10.8. The maximum absolute atomic E-state index is 14.0. The van der Waals surface area contributed by atoms with Crippen molar-refractivity contribution in [3.8, 4) is 0 Å². The van der Waals surface area contributed by atoms with Crippen molar-refractivity contribution in [1.29, 1.82) is 0 Å². The van der Waals surface area contributed by atoms with Crippen LogP contribution in [0.2, 0.25) is 5.02 Å². The Balaban J connectivity index is 1.75. The van der Waals surface area contributed by atoms with Crippen molar-refractivity contribution in [2.45, 2.75) is 50.6 Å². The van der Waals surface area contributed by atoms with Crippen LogP contribution in [0.25, 0.3) is 0 Å². The number of carbonyl (C=O) groups excluding carboxylic acids is 2. The first-order valence-electron chi connectivity index (χ1n) is 11.1. The molecule has 0 spiro atoms. The molecule has 0 aliphatic heterocycles. The van der Waals surface area contributed by atoms with Gasteiger partial charge in [-0.2, -0.15) is 0 Å². The Morgan fingerprint density at radius 1 is 1.21 bits per heavy atom. The summed E-state index contributed by atoms with van der Waals surface area (Å²) < 4.78 is 15.8. The first-order chi connectivity index (χ1) is 15.9. The molecule has 2 amide bonds. The number of nitrogens with zero attached hydrogens (tertiary/aromatic N) is 2. The van der Waals surface area contributed by atoms with Gasteiger partial charge in [-0.25, -0.2) is 4.39 Å². The predicted octanol–water partition coefficient (Wildman–Crippen LogP) is 5.65. The molecule has 8 heteroatoms. The lowest BCUT2D eigenvalue weighted by molar-refractivity contribution is -0.127. The zero-order valence-corrected chi connectivity index (χ0v) is 20.0. The van der Waals surface area contributed by atoms with Crippen LogP contribution in [0.3, 0.4) is 0 Å². The van der Waals surface area contributed by atoms with E-state index in [4.69, 9.17) is 11.6 Å². The van der Waals surface area contributed by atoms with Gasteiger partial charge in [0.15, 0.2) is 6.04 Å². The third kappa shape index (κ3) is 5.47. The monoisotopic (exact) mass is 487 g/mol. The Morgan fingerprint density at radius 3 is 2.64 bits per heavy atom. The summed E-state index contributed by atoms with van der Waals surface area (Å²) in [4.78, 5) is 29.7. The SMILES string of the molecule is Cn1cccc1[C@H](C(=O)NC1CCCCC1)N(C(=O)Cc1cccs1)c1ccc(F)c(Cl)c1. The van der Waals surface area contributed by atoms with Gasteiger partial charge >= 0.3 is 0 Å². The van der Waals surface area contributed by atoms with E-state index in [2.05, 4.69) is 5.32 Å². The Bertz CT molecular complexity index is 1110. The lowest BCUT2D eigenvalue weighted by atomic mass is 9.95. The molecule has 5 nitrogen and oxygen atoms in total. The predicted molar refractivity (Wildman–Crippen MR) is 130 cm³/mol. The molecule has 3 aromatic rings. The molecule has 0 bridgehead atoms. The smallest absolute Gasteiger partial charge is 0.249 e. The maximum atomic E-state index is 14.0. The second-order valence-electron chi connectivity index (χ2n) is 8.41. The van der Waals surface area contributed by atoms with Crippen LogP contribution in [0.5, 0.6) is 0 Å². The van der Waals surface area contributed by atoms with Crippen molar-refractivity contribution >= 4 is 40.4 Å². The highest BCUT2D eigenvalue weighted by Crippen LogP contribution is 2.32. The molecule has 0 radical (unpaired) electrons. The van der Waals surface area contributed by atoms with Gasteiger partial charge < -0.3 is 9.88 Å². The summed E-state index contributed by atoms with van der Waals surface area (Å²) in [6.07, 6.45) is 7.16. The highest BCUT2D eigenvalue weighted by atomic mass is 35.5. The van der Waals surface area contributed by atoms with Gasteiger partial charge in [0.25, 0.3) is 0 Å². The summed E-state index contributed by atoms with van der Waals surface area (Å²) in [5, 5.41) is 4.99. The van der Waals surface area contributed by atoms with E-state index in [1.54, 1.807) is 0 Å². The maximum Gasteiger partial charge on any atom is 0.249 e. The van der Waals surface area contributed by atoms with E-state index in [1.807, 2.05) is 47.5 Å². The second kappa shape index (κ2) is 10.5. The van der Waals surface area contributed by atoms with Crippen LogP contribution in [0.15, 0.2) is 54.0 Å². The molecule has 1 N–H and O–H groups in total. The van der Waals surface area contributed by atoms with Crippen LogP contribution in [0, 0.1) is 5.82 Å². The summed E-state index contributed by atoms with van der Waals surface area (Å²) >= 11 is 7.56. The van der Waals surface area contributed by atoms with Crippen molar-refractivity contribution < 1.29 is 14.0 Å². The first-order valence-corrected chi connectivity index (χ1v) is 12.4. The molecule has 4 rings (SSSR count). The largest absolute Gasteiger partial charge is 0.352 e. The lowest BCUT2D eigenvalue weighted by Crippen LogP contribution is -2.48. The van der Waals surface area contributed by atoms with Crippen LogP contribution >= 0.6 is 22.9 Å². The molecule has 0 unspecified atom stereocenters. The average Bonchev–Trinajstić information content (AvgIpc) is 3.46. The zero-order chi connectivity index (χ0) is 23.4. The number of aromatic nitrogens is 1. The molecule has 1 fully saturated rings.